The molecule has 5 heteroatoms. The van der Waals surface area contributed by atoms with Crippen molar-refractivity contribution >= 4 is 33.2 Å². The molecule has 2 aromatic heterocycles. The van der Waals surface area contributed by atoms with E-state index in [1.165, 1.54) is 11.3 Å². The van der Waals surface area contributed by atoms with Gasteiger partial charge in [-0.05, 0) is 33.4 Å². The fourth-order valence-electron chi connectivity index (χ4n) is 1.11. The molecular formula is C10H8BrNO2S. The van der Waals surface area contributed by atoms with Gasteiger partial charge in [-0.25, -0.2) is 0 Å². The highest BCUT2D eigenvalue weighted by atomic mass is 79.9. The van der Waals surface area contributed by atoms with Crippen LogP contribution in [-0.2, 0) is 6.54 Å². The van der Waals surface area contributed by atoms with Crippen LogP contribution in [-0.4, -0.2) is 5.91 Å². The molecule has 0 aromatic carbocycles. The van der Waals surface area contributed by atoms with Crippen molar-refractivity contribution in [2.45, 2.75) is 6.54 Å². The lowest BCUT2D eigenvalue weighted by molar-refractivity contribution is 0.0954. The van der Waals surface area contributed by atoms with Crippen LogP contribution in [0.25, 0.3) is 0 Å². The summed E-state index contributed by atoms with van der Waals surface area (Å²) in [6.07, 6.45) is 3.20. The van der Waals surface area contributed by atoms with Gasteiger partial charge in [0, 0.05) is 16.6 Å². The van der Waals surface area contributed by atoms with E-state index in [2.05, 4.69) is 21.2 Å². The fraction of sp³-hybridized carbons (Fsp3) is 0.100. The first kappa shape index (κ1) is 10.4. The van der Waals surface area contributed by atoms with E-state index < -0.39 is 0 Å². The van der Waals surface area contributed by atoms with E-state index in [1.807, 2.05) is 17.5 Å². The van der Waals surface area contributed by atoms with Gasteiger partial charge < -0.3 is 9.73 Å². The second-order valence-electron chi connectivity index (χ2n) is 2.91. The standard InChI is InChI=1S/C10H8BrNO2S/c11-8-2-4-15-9(8)10(13)12-5-7-1-3-14-6-7/h1-4,6H,5H2,(H,12,13). The first-order valence-electron chi connectivity index (χ1n) is 4.29. The molecule has 3 nitrogen and oxygen atoms in total. The summed E-state index contributed by atoms with van der Waals surface area (Å²) >= 11 is 4.73. The molecule has 15 heavy (non-hydrogen) atoms. The van der Waals surface area contributed by atoms with Crippen LogP contribution in [0.3, 0.4) is 0 Å². The summed E-state index contributed by atoms with van der Waals surface area (Å²) in [5.41, 5.74) is 0.955. The van der Waals surface area contributed by atoms with Crippen molar-refractivity contribution in [3.05, 3.63) is 45.0 Å². The average Bonchev–Trinajstić information content (AvgIpc) is 2.84. The summed E-state index contributed by atoms with van der Waals surface area (Å²) in [7, 11) is 0. The predicted octanol–water partition coefficient (Wildman–Crippen LogP) is 3.03. The van der Waals surface area contributed by atoms with Gasteiger partial charge in [-0.3, -0.25) is 4.79 Å². The number of amides is 1. The Hall–Kier alpha value is -1.07. The molecule has 0 unspecified atom stereocenters. The van der Waals surface area contributed by atoms with Crippen LogP contribution >= 0.6 is 27.3 Å². The molecular weight excluding hydrogens is 278 g/mol. The van der Waals surface area contributed by atoms with Gasteiger partial charge in [-0.1, -0.05) is 0 Å². The normalized spacial score (nSPS) is 10.2. The third-order valence-corrected chi connectivity index (χ3v) is 3.69. The number of rotatable bonds is 3. The summed E-state index contributed by atoms with van der Waals surface area (Å²) in [4.78, 5) is 12.4. The minimum absolute atomic E-state index is 0.0712. The van der Waals surface area contributed by atoms with Crippen molar-refractivity contribution < 1.29 is 9.21 Å². The first-order chi connectivity index (χ1) is 7.27. The maximum Gasteiger partial charge on any atom is 0.262 e. The molecule has 0 spiro atoms. The molecule has 2 aromatic rings. The molecule has 0 radical (unpaired) electrons. The summed E-state index contributed by atoms with van der Waals surface area (Å²) < 4.78 is 5.73. The van der Waals surface area contributed by atoms with Crippen molar-refractivity contribution in [1.82, 2.24) is 5.32 Å². The molecule has 1 N–H and O–H groups in total. The van der Waals surface area contributed by atoms with Crippen molar-refractivity contribution in [3.63, 3.8) is 0 Å². The van der Waals surface area contributed by atoms with E-state index in [-0.39, 0.29) is 5.91 Å². The Kier molecular flexibility index (Phi) is 3.23. The first-order valence-corrected chi connectivity index (χ1v) is 5.97. The van der Waals surface area contributed by atoms with E-state index in [1.54, 1.807) is 12.5 Å². The molecule has 0 bridgehead atoms. The Morgan fingerprint density at radius 3 is 3.00 bits per heavy atom. The van der Waals surface area contributed by atoms with Crippen LogP contribution in [0.1, 0.15) is 15.2 Å². The zero-order valence-electron chi connectivity index (χ0n) is 7.70. The molecule has 0 aliphatic heterocycles. The van der Waals surface area contributed by atoms with Crippen molar-refractivity contribution in [2.75, 3.05) is 0 Å². The minimum Gasteiger partial charge on any atom is -0.472 e. The molecule has 0 fully saturated rings. The molecule has 2 rings (SSSR count). The number of carbonyl (C=O) groups is 1. The SMILES string of the molecule is O=C(NCc1ccoc1)c1sccc1Br. The Bertz CT molecular complexity index is 450. The summed E-state index contributed by atoms with van der Waals surface area (Å²) in [5, 5.41) is 4.68. The molecule has 0 aliphatic carbocycles. The highest BCUT2D eigenvalue weighted by Gasteiger charge is 2.10. The Morgan fingerprint density at radius 1 is 1.53 bits per heavy atom. The second-order valence-corrected chi connectivity index (χ2v) is 4.68. The van der Waals surface area contributed by atoms with Gasteiger partial charge in [0.25, 0.3) is 5.91 Å². The predicted molar refractivity (Wildman–Crippen MR) is 61.9 cm³/mol. The maximum atomic E-state index is 11.7. The fourth-order valence-corrected chi connectivity index (χ4v) is 2.58. The third-order valence-electron chi connectivity index (χ3n) is 1.86. The monoisotopic (exact) mass is 285 g/mol. The maximum absolute atomic E-state index is 11.7. The molecule has 0 atom stereocenters. The van der Waals surface area contributed by atoms with Gasteiger partial charge in [-0.15, -0.1) is 11.3 Å². The van der Waals surface area contributed by atoms with E-state index in [0.717, 1.165) is 10.0 Å². The van der Waals surface area contributed by atoms with Crippen LogP contribution in [0.5, 0.6) is 0 Å². The van der Waals surface area contributed by atoms with Gasteiger partial charge in [0.1, 0.15) is 4.88 Å². The highest BCUT2D eigenvalue weighted by molar-refractivity contribution is 9.10. The minimum atomic E-state index is -0.0712. The lowest BCUT2D eigenvalue weighted by atomic mass is 10.3. The topological polar surface area (TPSA) is 42.2 Å². The van der Waals surface area contributed by atoms with Gasteiger partial charge in [0.15, 0.2) is 0 Å². The van der Waals surface area contributed by atoms with E-state index >= 15 is 0 Å². The van der Waals surface area contributed by atoms with Gasteiger partial charge in [-0.2, -0.15) is 0 Å². The van der Waals surface area contributed by atoms with Crippen LogP contribution in [0, 0.1) is 0 Å². The largest absolute Gasteiger partial charge is 0.472 e. The van der Waals surface area contributed by atoms with Crippen LogP contribution in [0.2, 0.25) is 0 Å². The number of nitrogens with one attached hydrogen (secondary N) is 1. The molecule has 0 saturated heterocycles. The number of hydrogen-bond acceptors (Lipinski definition) is 3. The number of halogens is 1. The smallest absolute Gasteiger partial charge is 0.262 e. The van der Waals surface area contributed by atoms with Crippen molar-refractivity contribution in [2.24, 2.45) is 0 Å². The third kappa shape index (κ3) is 2.49. The number of thiophene rings is 1. The molecule has 2 heterocycles. The van der Waals surface area contributed by atoms with Gasteiger partial charge in [0.05, 0.1) is 12.5 Å². The average molecular weight is 286 g/mol. The lowest BCUT2D eigenvalue weighted by Gasteiger charge is -2.01. The molecule has 0 aliphatic rings. The molecule has 78 valence electrons. The van der Waals surface area contributed by atoms with Crippen LogP contribution in [0.15, 0.2) is 38.9 Å². The Balaban J connectivity index is 1.96. The van der Waals surface area contributed by atoms with E-state index in [4.69, 9.17) is 4.42 Å². The summed E-state index contributed by atoms with van der Waals surface area (Å²) in [6.45, 7) is 0.486. The number of hydrogen-bond donors (Lipinski definition) is 1. The van der Waals surface area contributed by atoms with Crippen molar-refractivity contribution in [1.29, 1.82) is 0 Å². The summed E-state index contributed by atoms with van der Waals surface area (Å²) in [6, 6.07) is 3.68. The van der Waals surface area contributed by atoms with Crippen LogP contribution in [0.4, 0.5) is 0 Å². The van der Waals surface area contributed by atoms with E-state index in [9.17, 15) is 4.79 Å². The van der Waals surface area contributed by atoms with Gasteiger partial charge in [0.2, 0.25) is 0 Å². The zero-order valence-corrected chi connectivity index (χ0v) is 10.1. The van der Waals surface area contributed by atoms with Crippen molar-refractivity contribution in [3.8, 4) is 0 Å². The quantitative estimate of drug-likeness (QED) is 0.942. The summed E-state index contributed by atoms with van der Waals surface area (Å²) in [5.74, 6) is -0.0712. The Labute approximate surface area is 99.2 Å². The van der Waals surface area contributed by atoms with Gasteiger partial charge >= 0.3 is 0 Å². The molecule has 0 saturated carbocycles. The van der Waals surface area contributed by atoms with E-state index in [0.29, 0.717) is 11.4 Å². The number of furan rings is 1. The number of carbonyl (C=O) groups excluding carboxylic acids is 1. The van der Waals surface area contributed by atoms with Crippen LogP contribution < -0.4 is 5.32 Å². The zero-order chi connectivity index (χ0) is 10.7. The highest BCUT2D eigenvalue weighted by Crippen LogP contribution is 2.22. The lowest BCUT2D eigenvalue weighted by Crippen LogP contribution is -2.21. The Morgan fingerprint density at radius 2 is 2.40 bits per heavy atom. The second kappa shape index (κ2) is 4.63. The molecule has 1 amide bonds.